The van der Waals surface area contributed by atoms with Crippen LogP contribution in [-0.2, 0) is 4.79 Å². The number of rotatable bonds is 5. The molecule has 0 heterocycles. The summed E-state index contributed by atoms with van der Waals surface area (Å²) >= 11 is 0. The van der Waals surface area contributed by atoms with Gasteiger partial charge in [-0.3, -0.25) is 4.79 Å². The van der Waals surface area contributed by atoms with E-state index in [0.29, 0.717) is 11.8 Å². The van der Waals surface area contributed by atoms with Crippen molar-refractivity contribution in [1.82, 2.24) is 4.90 Å². The molecule has 1 fully saturated rings. The quantitative estimate of drug-likeness (QED) is 0.810. The van der Waals surface area contributed by atoms with Crippen molar-refractivity contribution in [3.63, 3.8) is 0 Å². The van der Waals surface area contributed by atoms with Crippen LogP contribution in [0.2, 0.25) is 0 Å². The maximum atomic E-state index is 12.0. The first-order valence-corrected chi connectivity index (χ1v) is 6.40. The smallest absolute Gasteiger partial charge is 0.260 e. The van der Waals surface area contributed by atoms with Gasteiger partial charge in [-0.15, -0.1) is 0 Å². The van der Waals surface area contributed by atoms with Crippen molar-refractivity contribution in [3.8, 4) is 5.75 Å². The average Bonchev–Trinajstić information content (AvgIpc) is 3.16. The Balaban J connectivity index is 1.90. The molecule has 0 saturated heterocycles. The van der Waals surface area contributed by atoms with E-state index in [9.17, 15) is 4.79 Å². The molecule has 1 amide bonds. The van der Waals surface area contributed by atoms with E-state index in [-0.39, 0.29) is 12.5 Å². The van der Waals surface area contributed by atoms with E-state index in [4.69, 9.17) is 10.5 Å². The summed E-state index contributed by atoms with van der Waals surface area (Å²) in [5.74, 6) is 0.761. The molecule has 0 radical (unpaired) electrons. The van der Waals surface area contributed by atoms with Crippen molar-refractivity contribution in [2.45, 2.75) is 32.7 Å². The second kappa shape index (κ2) is 5.29. The number of nitrogens with zero attached hydrogens (tertiary/aromatic N) is 1. The highest BCUT2D eigenvalue weighted by molar-refractivity contribution is 5.78. The lowest BCUT2D eigenvalue weighted by Crippen LogP contribution is -2.36. The Kier molecular flexibility index (Phi) is 3.75. The van der Waals surface area contributed by atoms with Gasteiger partial charge in [0.15, 0.2) is 6.61 Å². The Hall–Kier alpha value is -1.71. The largest absolute Gasteiger partial charge is 0.484 e. The Labute approximate surface area is 108 Å². The van der Waals surface area contributed by atoms with Crippen LogP contribution in [0.15, 0.2) is 18.2 Å². The number of hydrogen-bond acceptors (Lipinski definition) is 3. The number of hydrogen-bond donors (Lipinski definition) is 1. The summed E-state index contributed by atoms with van der Waals surface area (Å²) in [5.41, 5.74) is 7.44. The summed E-state index contributed by atoms with van der Waals surface area (Å²) in [7, 11) is 0. The van der Waals surface area contributed by atoms with E-state index >= 15 is 0 Å². The molecule has 18 heavy (non-hydrogen) atoms. The number of likely N-dealkylation sites (N-methyl/N-ethyl adjacent to an activating group) is 1. The van der Waals surface area contributed by atoms with Crippen LogP contribution in [0.3, 0.4) is 0 Å². The average molecular weight is 248 g/mol. The number of benzene rings is 1. The monoisotopic (exact) mass is 248 g/mol. The second-order valence-corrected chi connectivity index (χ2v) is 4.72. The van der Waals surface area contributed by atoms with E-state index in [1.807, 2.05) is 24.8 Å². The molecule has 0 unspecified atom stereocenters. The van der Waals surface area contributed by atoms with Gasteiger partial charge in [-0.25, -0.2) is 0 Å². The molecular formula is C14H20N2O2. The Morgan fingerprint density at radius 1 is 1.50 bits per heavy atom. The fourth-order valence-electron chi connectivity index (χ4n) is 1.99. The molecule has 1 aromatic rings. The highest BCUT2D eigenvalue weighted by Crippen LogP contribution is 2.26. The molecule has 0 aromatic heterocycles. The maximum absolute atomic E-state index is 12.0. The van der Waals surface area contributed by atoms with Crippen LogP contribution in [0, 0.1) is 6.92 Å². The molecule has 1 aliphatic carbocycles. The summed E-state index contributed by atoms with van der Waals surface area (Å²) in [6.45, 7) is 4.79. The first-order valence-electron chi connectivity index (χ1n) is 6.40. The summed E-state index contributed by atoms with van der Waals surface area (Å²) in [5, 5.41) is 0. The van der Waals surface area contributed by atoms with Gasteiger partial charge in [0.1, 0.15) is 5.75 Å². The van der Waals surface area contributed by atoms with Crippen molar-refractivity contribution in [1.29, 1.82) is 0 Å². The van der Waals surface area contributed by atoms with Gasteiger partial charge in [0.2, 0.25) is 0 Å². The van der Waals surface area contributed by atoms with E-state index in [1.165, 1.54) is 0 Å². The minimum Gasteiger partial charge on any atom is -0.484 e. The lowest BCUT2D eigenvalue weighted by atomic mass is 10.2. The minimum absolute atomic E-state index is 0.0643. The van der Waals surface area contributed by atoms with Crippen LogP contribution in [0.5, 0.6) is 5.75 Å². The van der Waals surface area contributed by atoms with Gasteiger partial charge in [0, 0.05) is 18.3 Å². The molecule has 4 nitrogen and oxygen atoms in total. The van der Waals surface area contributed by atoms with Gasteiger partial charge in [0.25, 0.3) is 5.91 Å². The highest BCUT2D eigenvalue weighted by atomic mass is 16.5. The molecule has 0 atom stereocenters. The van der Waals surface area contributed by atoms with Gasteiger partial charge in [-0.05, 0) is 50.5 Å². The van der Waals surface area contributed by atoms with Crippen LogP contribution in [-0.4, -0.2) is 30.0 Å². The number of nitrogen functional groups attached to an aromatic ring is 1. The van der Waals surface area contributed by atoms with Gasteiger partial charge in [-0.1, -0.05) is 0 Å². The molecule has 1 aromatic carbocycles. The van der Waals surface area contributed by atoms with Crippen LogP contribution in [0.1, 0.15) is 25.3 Å². The molecule has 2 N–H and O–H groups in total. The lowest BCUT2D eigenvalue weighted by molar-refractivity contribution is -0.133. The zero-order valence-electron chi connectivity index (χ0n) is 11.0. The fraction of sp³-hybridized carbons (Fsp3) is 0.500. The number of carbonyl (C=O) groups is 1. The number of aryl methyl sites for hydroxylation is 1. The maximum Gasteiger partial charge on any atom is 0.260 e. The highest BCUT2D eigenvalue weighted by Gasteiger charge is 2.31. The third kappa shape index (κ3) is 2.94. The van der Waals surface area contributed by atoms with E-state index < -0.39 is 0 Å². The Morgan fingerprint density at radius 3 is 2.78 bits per heavy atom. The summed E-state index contributed by atoms with van der Waals surface area (Å²) < 4.78 is 5.52. The molecule has 1 saturated carbocycles. The van der Waals surface area contributed by atoms with Crippen molar-refractivity contribution in [2.24, 2.45) is 0 Å². The first kappa shape index (κ1) is 12.7. The molecule has 0 spiro atoms. The second-order valence-electron chi connectivity index (χ2n) is 4.72. The Bertz CT molecular complexity index is 441. The summed E-state index contributed by atoms with van der Waals surface area (Å²) in [4.78, 5) is 13.9. The zero-order chi connectivity index (χ0) is 13.1. The van der Waals surface area contributed by atoms with Crippen LogP contribution < -0.4 is 10.5 Å². The molecule has 0 aliphatic heterocycles. The topological polar surface area (TPSA) is 55.6 Å². The predicted octanol–water partition coefficient (Wildman–Crippen LogP) is 1.97. The minimum atomic E-state index is 0.0643. The SMILES string of the molecule is CCN(C(=O)COc1ccc(N)c(C)c1)C1CC1. The fourth-order valence-corrected chi connectivity index (χ4v) is 1.99. The lowest BCUT2D eigenvalue weighted by Gasteiger charge is -2.20. The third-order valence-corrected chi connectivity index (χ3v) is 3.25. The van der Waals surface area contributed by atoms with E-state index in [2.05, 4.69) is 0 Å². The van der Waals surface area contributed by atoms with Crippen molar-refractivity contribution < 1.29 is 9.53 Å². The predicted molar refractivity (Wildman–Crippen MR) is 71.5 cm³/mol. The van der Waals surface area contributed by atoms with Crippen LogP contribution in [0.25, 0.3) is 0 Å². The Morgan fingerprint density at radius 2 is 2.22 bits per heavy atom. The molecular weight excluding hydrogens is 228 g/mol. The number of carbonyl (C=O) groups excluding carboxylic acids is 1. The first-order chi connectivity index (χ1) is 8.61. The number of nitrogens with two attached hydrogens (primary N) is 1. The van der Waals surface area contributed by atoms with Crippen LogP contribution in [0.4, 0.5) is 5.69 Å². The molecule has 0 bridgehead atoms. The summed E-state index contributed by atoms with van der Waals surface area (Å²) in [6.07, 6.45) is 2.25. The van der Waals surface area contributed by atoms with Gasteiger partial charge < -0.3 is 15.4 Å². The summed E-state index contributed by atoms with van der Waals surface area (Å²) in [6, 6.07) is 5.89. The molecule has 98 valence electrons. The molecule has 2 rings (SSSR count). The van der Waals surface area contributed by atoms with Crippen LogP contribution >= 0.6 is 0 Å². The third-order valence-electron chi connectivity index (χ3n) is 3.25. The van der Waals surface area contributed by atoms with E-state index in [1.54, 1.807) is 12.1 Å². The standard InChI is InChI=1S/C14H20N2O2/c1-3-16(11-4-5-11)14(17)9-18-12-6-7-13(15)10(2)8-12/h6-8,11H,3-5,9,15H2,1-2H3. The van der Waals surface area contributed by atoms with Crippen molar-refractivity contribution in [3.05, 3.63) is 23.8 Å². The zero-order valence-corrected chi connectivity index (χ0v) is 11.0. The van der Waals surface area contributed by atoms with Gasteiger partial charge in [0.05, 0.1) is 0 Å². The number of amides is 1. The number of anilines is 1. The van der Waals surface area contributed by atoms with E-state index in [0.717, 1.165) is 30.6 Å². The molecule has 4 heteroatoms. The van der Waals surface area contributed by atoms with Gasteiger partial charge in [-0.2, -0.15) is 0 Å². The van der Waals surface area contributed by atoms with Gasteiger partial charge >= 0.3 is 0 Å². The molecule has 1 aliphatic rings. The normalized spacial score (nSPS) is 14.3. The van der Waals surface area contributed by atoms with Crippen molar-refractivity contribution >= 4 is 11.6 Å². The number of ether oxygens (including phenoxy) is 1. The van der Waals surface area contributed by atoms with Crippen molar-refractivity contribution in [2.75, 3.05) is 18.9 Å².